The number of rotatable bonds is 12. The molecule has 4 aromatic rings. The van der Waals surface area contributed by atoms with Gasteiger partial charge in [0.25, 0.3) is 0 Å². The predicted molar refractivity (Wildman–Crippen MR) is 199 cm³/mol. The van der Waals surface area contributed by atoms with Gasteiger partial charge in [-0.2, -0.15) is 5.10 Å². The van der Waals surface area contributed by atoms with E-state index in [1.807, 2.05) is 6.08 Å². The number of sulfone groups is 2. The standard InChI is InChI=1S/C38H37ClF2N4O5S2/c1-38(2,52(49,50)30-8-9-30)14-13-27-7-10-31(32-11-12-33(39)35-34(22-51(4,47)48)44-45(3)37(32)35)36(43-27)24(16-23-17-25(40)20-26(41)18-23)19-29(46)21-28-6-5-15-42-28/h5,7,10-12,15,17-18,20,24,30H,6,8-9,16,19,21-22H2,1-4H3/t24-/m1/s1. The summed E-state index contributed by atoms with van der Waals surface area (Å²) in [5.74, 6) is 3.06. The summed E-state index contributed by atoms with van der Waals surface area (Å²) < 4.78 is 80.1. The van der Waals surface area contributed by atoms with Crippen molar-refractivity contribution in [2.24, 2.45) is 12.0 Å². The van der Waals surface area contributed by atoms with E-state index in [9.17, 15) is 30.4 Å². The summed E-state index contributed by atoms with van der Waals surface area (Å²) in [4.78, 5) is 22.9. The highest BCUT2D eigenvalue weighted by atomic mass is 35.5. The number of aryl methyl sites for hydroxylation is 1. The summed E-state index contributed by atoms with van der Waals surface area (Å²) in [7, 11) is -5.36. The number of benzene rings is 2. The third-order valence-corrected chi connectivity index (χ3v) is 13.2. The lowest BCUT2D eigenvalue weighted by molar-refractivity contribution is -0.118. The zero-order valence-corrected chi connectivity index (χ0v) is 31.5. The Balaban J connectivity index is 1.55. The zero-order chi connectivity index (χ0) is 37.6. The maximum absolute atomic E-state index is 14.5. The summed E-state index contributed by atoms with van der Waals surface area (Å²) in [6.07, 6.45) is 6.35. The van der Waals surface area contributed by atoms with E-state index < -0.39 is 47.2 Å². The van der Waals surface area contributed by atoms with Gasteiger partial charge < -0.3 is 0 Å². The quantitative estimate of drug-likeness (QED) is 0.144. The average molecular weight is 767 g/mol. The normalized spacial score (nSPS) is 15.4. The molecular weight excluding hydrogens is 730 g/mol. The second kappa shape index (κ2) is 14.3. The molecule has 0 N–H and O–H groups in total. The lowest BCUT2D eigenvalue weighted by Crippen LogP contribution is -2.33. The van der Waals surface area contributed by atoms with E-state index in [0.717, 1.165) is 12.3 Å². The topological polar surface area (TPSA) is 128 Å². The van der Waals surface area contributed by atoms with Gasteiger partial charge in [0.05, 0.1) is 32.9 Å². The van der Waals surface area contributed by atoms with E-state index in [-0.39, 0.29) is 47.2 Å². The van der Waals surface area contributed by atoms with Crippen LogP contribution in [0, 0.1) is 23.5 Å². The van der Waals surface area contributed by atoms with Crippen LogP contribution in [-0.2, 0) is 43.7 Å². The van der Waals surface area contributed by atoms with Crippen molar-refractivity contribution < 1.29 is 30.4 Å². The van der Waals surface area contributed by atoms with Crippen molar-refractivity contribution in [2.75, 3.05) is 6.26 Å². The Morgan fingerprint density at radius 2 is 1.75 bits per heavy atom. The van der Waals surface area contributed by atoms with Gasteiger partial charge in [0.1, 0.15) is 27.9 Å². The minimum atomic E-state index is -3.53. The van der Waals surface area contributed by atoms with Crippen LogP contribution in [0.4, 0.5) is 8.78 Å². The largest absolute Gasteiger partial charge is 0.299 e. The molecule has 2 aromatic carbocycles. The van der Waals surface area contributed by atoms with Crippen LogP contribution in [-0.4, -0.2) is 59.3 Å². The summed E-state index contributed by atoms with van der Waals surface area (Å²) in [5.41, 5.74) is 3.47. The molecule has 1 saturated carbocycles. The van der Waals surface area contributed by atoms with Gasteiger partial charge in [-0.25, -0.2) is 30.6 Å². The first-order valence-corrected chi connectivity index (χ1v) is 20.7. The Bertz CT molecular complexity index is 2440. The second-order valence-electron chi connectivity index (χ2n) is 14.0. The van der Waals surface area contributed by atoms with E-state index >= 15 is 0 Å². The second-order valence-corrected chi connectivity index (χ2v) is 19.3. The van der Waals surface area contributed by atoms with Crippen LogP contribution in [0.25, 0.3) is 22.0 Å². The summed E-state index contributed by atoms with van der Waals surface area (Å²) >= 11 is 6.66. The molecule has 0 bridgehead atoms. The number of Topliss-reactive ketones (excluding diaryl/α,β-unsaturated/α-hetero) is 1. The van der Waals surface area contributed by atoms with Gasteiger partial charge in [0.2, 0.25) is 0 Å². The molecule has 1 aliphatic carbocycles. The molecule has 0 amide bonds. The van der Waals surface area contributed by atoms with E-state index in [1.165, 1.54) is 16.8 Å². The van der Waals surface area contributed by atoms with Crippen molar-refractivity contribution in [3.05, 3.63) is 94.0 Å². The number of carbonyl (C=O) groups excluding carboxylic acids is 1. The highest BCUT2D eigenvalue weighted by molar-refractivity contribution is 7.93. The fourth-order valence-electron chi connectivity index (χ4n) is 6.56. The minimum absolute atomic E-state index is 0.0189. The highest BCUT2D eigenvalue weighted by Gasteiger charge is 2.45. The number of aliphatic imine (C=N–C) groups is 1. The Morgan fingerprint density at radius 1 is 1.06 bits per heavy atom. The minimum Gasteiger partial charge on any atom is -0.299 e. The number of ketones is 1. The van der Waals surface area contributed by atoms with Gasteiger partial charge in [0, 0.05) is 73.0 Å². The van der Waals surface area contributed by atoms with Gasteiger partial charge >= 0.3 is 0 Å². The first-order valence-electron chi connectivity index (χ1n) is 16.7. The smallest absolute Gasteiger partial charge is 0.169 e. The van der Waals surface area contributed by atoms with Crippen molar-refractivity contribution in [1.29, 1.82) is 0 Å². The molecule has 52 heavy (non-hydrogen) atoms. The molecule has 0 spiro atoms. The van der Waals surface area contributed by atoms with Crippen LogP contribution in [0.3, 0.4) is 0 Å². The molecule has 1 aliphatic heterocycles. The van der Waals surface area contributed by atoms with Gasteiger partial charge in [-0.3, -0.25) is 14.5 Å². The van der Waals surface area contributed by atoms with Gasteiger partial charge in [-0.1, -0.05) is 29.7 Å². The molecule has 3 heterocycles. The third-order valence-electron chi connectivity index (χ3n) is 9.17. The number of aromatic nitrogens is 3. The van der Waals surface area contributed by atoms with E-state index in [2.05, 4.69) is 21.9 Å². The molecule has 2 aromatic heterocycles. The SMILES string of the molecule is Cn1nc(CS(C)(=O)=O)c2c(Cl)ccc(-c3ccc(C#CC(C)(C)S(=O)(=O)C4CC4)nc3[C@@H](CC(=O)CC3=NC=CC3)Cc3cc(F)cc(F)c3)c21. The van der Waals surface area contributed by atoms with E-state index in [0.29, 0.717) is 58.3 Å². The van der Waals surface area contributed by atoms with Gasteiger partial charge in [-0.05, 0) is 74.9 Å². The Labute approximate surface area is 307 Å². The maximum atomic E-state index is 14.5. The van der Waals surface area contributed by atoms with Crippen LogP contribution < -0.4 is 0 Å². The summed E-state index contributed by atoms with van der Waals surface area (Å²) in [6.45, 7) is 3.12. The lowest BCUT2D eigenvalue weighted by Gasteiger charge is -2.21. The number of carbonyl (C=O) groups is 1. The molecule has 6 rings (SSSR count). The number of hydrogen-bond donors (Lipinski definition) is 0. The first kappa shape index (κ1) is 37.5. The molecule has 1 atom stereocenters. The van der Waals surface area contributed by atoms with Crippen molar-refractivity contribution in [1.82, 2.24) is 14.8 Å². The summed E-state index contributed by atoms with van der Waals surface area (Å²) in [6, 6.07) is 9.94. The monoisotopic (exact) mass is 766 g/mol. The van der Waals surface area contributed by atoms with E-state index in [1.54, 1.807) is 51.4 Å². The zero-order valence-electron chi connectivity index (χ0n) is 29.1. The van der Waals surface area contributed by atoms with Crippen LogP contribution in [0.1, 0.15) is 74.5 Å². The number of allylic oxidation sites excluding steroid dienone is 1. The van der Waals surface area contributed by atoms with Gasteiger partial charge in [-0.15, -0.1) is 0 Å². The van der Waals surface area contributed by atoms with Gasteiger partial charge in [0.15, 0.2) is 19.7 Å². The fourth-order valence-corrected chi connectivity index (χ4v) is 9.30. The molecule has 0 unspecified atom stereocenters. The first-order chi connectivity index (χ1) is 24.4. The Hall–Kier alpha value is -4.25. The number of pyridine rings is 1. The lowest BCUT2D eigenvalue weighted by atomic mass is 9.85. The Morgan fingerprint density at radius 3 is 2.38 bits per heavy atom. The average Bonchev–Trinajstić information content (AvgIpc) is 3.71. The molecule has 1 fully saturated rings. The molecule has 9 nitrogen and oxygen atoms in total. The molecule has 2 aliphatic rings. The molecule has 0 saturated heterocycles. The predicted octanol–water partition coefficient (Wildman–Crippen LogP) is 6.85. The number of halogens is 3. The third kappa shape index (κ3) is 8.19. The molecule has 14 heteroatoms. The Kier molecular flexibility index (Phi) is 10.3. The number of hydrogen-bond acceptors (Lipinski definition) is 8. The van der Waals surface area contributed by atoms with E-state index in [4.69, 9.17) is 16.6 Å². The van der Waals surface area contributed by atoms with Crippen LogP contribution in [0.15, 0.2) is 59.7 Å². The fraction of sp³-hybridized carbons (Fsp3) is 0.368. The van der Waals surface area contributed by atoms with Crippen LogP contribution >= 0.6 is 11.6 Å². The van der Waals surface area contributed by atoms with Crippen molar-refractivity contribution in [3.63, 3.8) is 0 Å². The summed E-state index contributed by atoms with van der Waals surface area (Å²) in [5, 5.41) is 4.79. The van der Waals surface area contributed by atoms with Crippen molar-refractivity contribution in [3.8, 4) is 23.0 Å². The molecule has 0 radical (unpaired) electrons. The maximum Gasteiger partial charge on any atom is 0.169 e. The number of nitrogens with zero attached hydrogens (tertiary/aromatic N) is 4. The number of fused-ring (bicyclic) bond motifs is 1. The molecular formula is C38H37ClF2N4O5S2. The highest BCUT2D eigenvalue weighted by Crippen LogP contribution is 2.40. The van der Waals surface area contributed by atoms with Crippen molar-refractivity contribution >= 4 is 53.7 Å². The molecule has 272 valence electrons. The van der Waals surface area contributed by atoms with Crippen LogP contribution in [0.5, 0.6) is 0 Å². The van der Waals surface area contributed by atoms with Crippen LogP contribution in [0.2, 0.25) is 5.02 Å². The van der Waals surface area contributed by atoms with Crippen molar-refractivity contribution in [2.45, 2.75) is 74.0 Å².